The molecule has 0 bridgehead atoms. The average Bonchev–Trinajstić information content (AvgIpc) is 4.02. The summed E-state index contributed by atoms with van der Waals surface area (Å²) in [6.07, 6.45) is 1.95. The largest absolute Gasteiger partial charge is 0.503 e. The van der Waals surface area contributed by atoms with E-state index in [1.54, 1.807) is 0 Å². The number of pyridine rings is 1. The standard InChI is InChI=1S/C72H80N4O/c1-67(2,3)49-23-19-22-47(34-49)59-26-21-27-63-66(59)75(56-40-53(71(13,14)15)39-54(41-56)72(16,17)18)45-74(63)55-24-20-25-57(43-55)77-58-29-30-60-61-37-46(48-35-51(69(7,8)9)38-52(36-48)70(10,11)12)28-31-62(61)76(64(60)44-58)65-42-50(32-33-73-65)68(4,5)6/h19-44H,1-18H3/q+2. The molecule has 0 aliphatic carbocycles. The van der Waals surface area contributed by atoms with E-state index in [0.29, 0.717) is 0 Å². The van der Waals surface area contributed by atoms with Crippen LogP contribution in [0, 0.1) is 0 Å². The summed E-state index contributed by atoms with van der Waals surface area (Å²) in [5.74, 6) is 2.35. The van der Waals surface area contributed by atoms with Crippen molar-refractivity contribution in [3.8, 4) is 39.6 Å². The van der Waals surface area contributed by atoms with E-state index in [9.17, 15) is 0 Å². The van der Waals surface area contributed by atoms with Gasteiger partial charge >= 0.3 is 11.7 Å². The number of hydrogen-bond donors (Lipinski definition) is 0. The first kappa shape index (κ1) is 53.1. The minimum atomic E-state index is -0.0626. The van der Waals surface area contributed by atoms with Crippen LogP contribution in [0.5, 0.6) is 11.5 Å². The van der Waals surface area contributed by atoms with Gasteiger partial charge in [0.05, 0.1) is 22.7 Å². The number of benzene rings is 7. The van der Waals surface area contributed by atoms with E-state index >= 15 is 0 Å². The lowest BCUT2D eigenvalue weighted by Crippen LogP contribution is -2.17. The van der Waals surface area contributed by atoms with Crippen LogP contribution in [-0.2, 0) is 32.5 Å². The van der Waals surface area contributed by atoms with Gasteiger partial charge in [0.15, 0.2) is 0 Å². The van der Waals surface area contributed by atoms with E-state index in [2.05, 4.69) is 290 Å². The molecule has 5 heteroatoms. The van der Waals surface area contributed by atoms with Crippen LogP contribution in [0.4, 0.5) is 22.7 Å². The molecule has 0 amide bonds. The number of nitrogens with zero attached hydrogens (tertiary/aromatic N) is 4. The first-order valence-electron chi connectivity index (χ1n) is 27.7. The summed E-state index contributed by atoms with van der Waals surface area (Å²) in [5, 5.41) is 2.31. The third kappa shape index (κ3) is 10.5. The number of hydrogen-bond acceptors (Lipinski definition) is 2. The highest BCUT2D eigenvalue weighted by atomic mass is 16.5. The van der Waals surface area contributed by atoms with Gasteiger partial charge in [-0.05, 0) is 140 Å². The molecule has 0 fully saturated rings. The molecular weight excluding hydrogens is 937 g/mol. The molecule has 0 unspecified atom stereocenters. The van der Waals surface area contributed by atoms with E-state index in [0.717, 1.165) is 62.0 Å². The van der Waals surface area contributed by atoms with Gasteiger partial charge in [-0.25, -0.2) is 4.98 Å². The minimum Gasteiger partial charge on any atom is -0.457 e. The predicted molar refractivity (Wildman–Crippen MR) is 329 cm³/mol. The SMILES string of the molecule is CC(C)(C)c1cccc(-c2cccc3c2[N+](c2cc(C(C)(C)C)cc(C(C)(C)C)c2)=C=[N+]3c2cccc(Oc3ccc4c5cc(-c6cc(C(C)(C)C)cc(C(C)(C)C)c6)ccc5n(-c5cc(C(C)(C)C)ccn5)c4c3)c2)c1. The minimum absolute atomic E-state index is 0.00336. The molecule has 5 nitrogen and oxygen atoms in total. The maximum absolute atomic E-state index is 6.98. The van der Waals surface area contributed by atoms with Crippen molar-refractivity contribution in [3.63, 3.8) is 0 Å². The van der Waals surface area contributed by atoms with Crippen LogP contribution in [0.3, 0.4) is 0 Å². The molecule has 392 valence electrons. The van der Waals surface area contributed by atoms with Crippen LogP contribution >= 0.6 is 0 Å². The smallest absolute Gasteiger partial charge is 0.457 e. The molecule has 0 saturated heterocycles. The summed E-state index contributed by atoms with van der Waals surface area (Å²) in [5.41, 5.74) is 18.7. The van der Waals surface area contributed by atoms with Crippen molar-refractivity contribution in [2.75, 3.05) is 0 Å². The fraction of sp³-hybridized carbons (Fsp3) is 0.333. The van der Waals surface area contributed by atoms with Crippen LogP contribution in [0.2, 0.25) is 0 Å². The molecule has 0 N–H and O–H groups in total. The van der Waals surface area contributed by atoms with Crippen molar-refractivity contribution in [3.05, 3.63) is 191 Å². The lowest BCUT2D eigenvalue weighted by atomic mass is 9.79. The number of para-hydroxylation sites is 1. The fourth-order valence-corrected chi connectivity index (χ4v) is 10.5. The second kappa shape index (κ2) is 18.7. The second-order valence-electron chi connectivity index (χ2n) is 27.8. The van der Waals surface area contributed by atoms with Crippen molar-refractivity contribution in [2.24, 2.45) is 0 Å². The Balaban J connectivity index is 1.12. The molecule has 0 saturated carbocycles. The van der Waals surface area contributed by atoms with Gasteiger partial charge in [-0.3, -0.25) is 4.57 Å². The number of ether oxygens (including phenoxy) is 1. The van der Waals surface area contributed by atoms with Crippen LogP contribution < -0.4 is 13.9 Å². The first-order chi connectivity index (χ1) is 35.9. The number of aromatic nitrogens is 2. The monoisotopic (exact) mass is 1020 g/mol. The number of rotatable bonds is 7. The Morgan fingerprint density at radius 2 is 0.948 bits per heavy atom. The highest BCUT2D eigenvalue weighted by Gasteiger charge is 2.41. The van der Waals surface area contributed by atoms with Gasteiger partial charge < -0.3 is 4.74 Å². The molecular formula is C72H80N4O+2. The maximum Gasteiger partial charge on any atom is 0.503 e. The zero-order valence-electron chi connectivity index (χ0n) is 49.2. The van der Waals surface area contributed by atoms with Crippen LogP contribution in [0.15, 0.2) is 158 Å². The van der Waals surface area contributed by atoms with Crippen molar-refractivity contribution in [1.29, 1.82) is 0 Å². The molecule has 1 aliphatic heterocycles. The van der Waals surface area contributed by atoms with Gasteiger partial charge in [0.1, 0.15) is 17.3 Å². The Labute approximate surface area is 459 Å². The van der Waals surface area contributed by atoms with Gasteiger partial charge in [-0.15, -0.1) is 0 Å². The molecule has 1 aliphatic rings. The van der Waals surface area contributed by atoms with Crippen molar-refractivity contribution in [1.82, 2.24) is 18.7 Å². The molecule has 2 aromatic heterocycles. The summed E-state index contributed by atoms with van der Waals surface area (Å²) in [4.78, 5) is 5.05. The number of fused-ring (bicyclic) bond motifs is 4. The molecule has 7 aromatic carbocycles. The van der Waals surface area contributed by atoms with E-state index in [1.807, 2.05) is 12.3 Å². The normalized spacial score (nSPS) is 13.5. The molecule has 0 radical (unpaired) electrons. The summed E-state index contributed by atoms with van der Waals surface area (Å²) in [6, 6.07) is 60.1. The Kier molecular flexibility index (Phi) is 12.9. The molecule has 9 aromatic rings. The summed E-state index contributed by atoms with van der Waals surface area (Å²) < 4.78 is 13.8. The molecule has 77 heavy (non-hydrogen) atoms. The van der Waals surface area contributed by atoms with E-state index in [4.69, 9.17) is 9.72 Å². The zero-order valence-corrected chi connectivity index (χ0v) is 49.2. The lowest BCUT2D eigenvalue weighted by molar-refractivity contribution is 0.483. The van der Waals surface area contributed by atoms with Crippen LogP contribution in [0.1, 0.15) is 158 Å². The molecule has 0 atom stereocenters. The summed E-state index contributed by atoms with van der Waals surface area (Å²) in [7, 11) is 0. The third-order valence-electron chi connectivity index (χ3n) is 15.5. The Bertz CT molecular complexity index is 3800. The maximum atomic E-state index is 6.98. The average molecular weight is 1020 g/mol. The highest BCUT2D eigenvalue weighted by molar-refractivity contribution is 6.11. The van der Waals surface area contributed by atoms with Crippen LogP contribution in [0.25, 0.3) is 49.9 Å². The van der Waals surface area contributed by atoms with Gasteiger partial charge in [0, 0.05) is 47.3 Å². The van der Waals surface area contributed by atoms with Crippen molar-refractivity contribution < 1.29 is 4.74 Å². The van der Waals surface area contributed by atoms with Gasteiger partial charge in [0.25, 0.3) is 5.69 Å². The third-order valence-corrected chi connectivity index (χ3v) is 15.5. The molecule has 3 heterocycles. The molecule has 0 spiro atoms. The van der Waals surface area contributed by atoms with E-state index in [-0.39, 0.29) is 32.5 Å². The fourth-order valence-electron chi connectivity index (χ4n) is 10.5. The Morgan fingerprint density at radius 3 is 1.57 bits per heavy atom. The van der Waals surface area contributed by atoms with E-state index < -0.39 is 0 Å². The van der Waals surface area contributed by atoms with Crippen molar-refractivity contribution in [2.45, 2.75) is 157 Å². The topological polar surface area (TPSA) is 33.1 Å². The van der Waals surface area contributed by atoms with Gasteiger partial charge in [0.2, 0.25) is 11.4 Å². The highest BCUT2D eigenvalue weighted by Crippen LogP contribution is 2.46. The Hall–Kier alpha value is -7.33. The van der Waals surface area contributed by atoms with Crippen molar-refractivity contribution >= 4 is 50.6 Å². The van der Waals surface area contributed by atoms with Crippen LogP contribution in [-0.4, -0.2) is 15.6 Å². The second-order valence-corrected chi connectivity index (χ2v) is 27.8. The molecule has 10 rings (SSSR count). The predicted octanol–water partition coefficient (Wildman–Crippen LogP) is 19.9. The quantitative estimate of drug-likeness (QED) is 0.149. The van der Waals surface area contributed by atoms with Gasteiger partial charge in [-0.1, -0.05) is 191 Å². The van der Waals surface area contributed by atoms with E-state index in [1.165, 1.54) is 55.5 Å². The summed E-state index contributed by atoms with van der Waals surface area (Å²) >= 11 is 0. The first-order valence-corrected chi connectivity index (χ1v) is 27.7. The Morgan fingerprint density at radius 1 is 0.390 bits per heavy atom. The lowest BCUT2D eigenvalue weighted by Gasteiger charge is -2.26. The summed E-state index contributed by atoms with van der Waals surface area (Å²) in [6.45, 7) is 41.3. The zero-order chi connectivity index (χ0) is 55.4. The van der Waals surface area contributed by atoms with Gasteiger partial charge in [-0.2, -0.15) is 0 Å².